The third-order valence-corrected chi connectivity index (χ3v) is 2.94. The zero-order valence-electron chi connectivity index (χ0n) is 11.6. The Morgan fingerprint density at radius 2 is 2.00 bits per heavy atom. The monoisotopic (exact) mass is 288 g/mol. The Morgan fingerprint density at radius 3 is 2.62 bits per heavy atom. The number of nitrogens with zero attached hydrogens (tertiary/aromatic N) is 2. The van der Waals surface area contributed by atoms with Crippen molar-refractivity contribution in [2.75, 3.05) is 24.7 Å². The zero-order valence-corrected chi connectivity index (χ0v) is 11.6. The van der Waals surface area contributed by atoms with E-state index in [2.05, 4.69) is 10.3 Å². The lowest BCUT2D eigenvalue weighted by Gasteiger charge is -2.08. The first-order valence-electron chi connectivity index (χ1n) is 6.38. The molecule has 7 heteroatoms. The number of nitrogens with two attached hydrogens (primary N) is 1. The number of pyridine rings is 1. The van der Waals surface area contributed by atoms with E-state index in [4.69, 9.17) is 10.5 Å². The molecule has 21 heavy (non-hydrogen) atoms. The summed E-state index contributed by atoms with van der Waals surface area (Å²) in [7, 11) is 1.46. The van der Waals surface area contributed by atoms with E-state index < -0.39 is 4.92 Å². The van der Waals surface area contributed by atoms with Crippen LogP contribution in [-0.4, -0.2) is 23.6 Å². The molecular formula is C14H16N4O3. The summed E-state index contributed by atoms with van der Waals surface area (Å²) in [5.41, 5.74) is 7.33. The van der Waals surface area contributed by atoms with Crippen molar-refractivity contribution in [3.8, 4) is 5.88 Å². The van der Waals surface area contributed by atoms with Crippen molar-refractivity contribution in [1.29, 1.82) is 0 Å². The van der Waals surface area contributed by atoms with Gasteiger partial charge in [0.25, 0.3) is 0 Å². The van der Waals surface area contributed by atoms with E-state index in [0.717, 1.165) is 5.56 Å². The number of hydrogen-bond donors (Lipinski definition) is 2. The lowest BCUT2D eigenvalue weighted by Crippen LogP contribution is -2.09. The van der Waals surface area contributed by atoms with Gasteiger partial charge in [-0.25, -0.2) is 0 Å². The second-order valence-corrected chi connectivity index (χ2v) is 4.40. The first-order valence-corrected chi connectivity index (χ1v) is 6.38. The van der Waals surface area contributed by atoms with Crippen molar-refractivity contribution in [1.82, 2.24) is 4.98 Å². The molecule has 0 unspecified atom stereocenters. The Balaban J connectivity index is 2.04. The molecule has 0 saturated heterocycles. The maximum Gasteiger partial charge on any atom is 0.311 e. The third kappa shape index (κ3) is 3.82. The van der Waals surface area contributed by atoms with Crippen LogP contribution >= 0.6 is 0 Å². The minimum Gasteiger partial charge on any atom is -0.481 e. The largest absolute Gasteiger partial charge is 0.481 e. The maximum absolute atomic E-state index is 11.0. The Morgan fingerprint density at radius 1 is 1.29 bits per heavy atom. The molecule has 0 amide bonds. The van der Waals surface area contributed by atoms with Gasteiger partial charge in [0.15, 0.2) is 0 Å². The number of nitrogens with one attached hydrogen (secondary N) is 1. The molecule has 1 heterocycles. The van der Waals surface area contributed by atoms with E-state index in [0.29, 0.717) is 24.5 Å². The van der Waals surface area contributed by atoms with Crippen LogP contribution in [-0.2, 0) is 6.42 Å². The number of hydrogen-bond acceptors (Lipinski definition) is 6. The lowest BCUT2D eigenvalue weighted by molar-refractivity contribution is -0.384. The molecule has 0 aliphatic heterocycles. The van der Waals surface area contributed by atoms with Crippen LogP contribution < -0.4 is 15.8 Å². The minimum atomic E-state index is -0.474. The molecule has 0 atom stereocenters. The topological polar surface area (TPSA) is 103 Å². The summed E-state index contributed by atoms with van der Waals surface area (Å²) in [6.45, 7) is 0.519. The van der Waals surface area contributed by atoms with Gasteiger partial charge >= 0.3 is 5.69 Å². The number of aromatic nitrogens is 1. The summed E-state index contributed by atoms with van der Waals surface area (Å²) in [6.07, 6.45) is 0.705. The summed E-state index contributed by atoms with van der Waals surface area (Å²) in [4.78, 5) is 14.6. The van der Waals surface area contributed by atoms with Crippen molar-refractivity contribution in [3.05, 3.63) is 52.1 Å². The maximum atomic E-state index is 11.0. The van der Waals surface area contributed by atoms with Crippen LogP contribution in [0.1, 0.15) is 5.56 Å². The molecular weight excluding hydrogens is 272 g/mol. The molecule has 1 aromatic heterocycles. The van der Waals surface area contributed by atoms with Crippen LogP contribution in [0.2, 0.25) is 0 Å². The van der Waals surface area contributed by atoms with Crippen LogP contribution in [0.3, 0.4) is 0 Å². The van der Waals surface area contributed by atoms with Crippen LogP contribution in [0.4, 0.5) is 17.2 Å². The van der Waals surface area contributed by atoms with Gasteiger partial charge in [0.2, 0.25) is 11.7 Å². The summed E-state index contributed by atoms with van der Waals surface area (Å²) in [5, 5.41) is 13.9. The summed E-state index contributed by atoms with van der Waals surface area (Å²) in [6, 6.07) is 10.3. The molecule has 0 spiro atoms. The van der Waals surface area contributed by atoms with Crippen LogP contribution in [0.15, 0.2) is 36.4 Å². The highest BCUT2D eigenvalue weighted by molar-refractivity contribution is 5.57. The smallest absolute Gasteiger partial charge is 0.311 e. The number of methoxy groups -OCH3 is 1. The van der Waals surface area contributed by atoms with E-state index in [1.165, 1.54) is 19.2 Å². The number of rotatable bonds is 6. The van der Waals surface area contributed by atoms with Crippen LogP contribution in [0.5, 0.6) is 5.88 Å². The summed E-state index contributed by atoms with van der Waals surface area (Å²) < 4.78 is 4.98. The first kappa shape index (κ1) is 14.6. The predicted molar refractivity (Wildman–Crippen MR) is 80.5 cm³/mol. The second-order valence-electron chi connectivity index (χ2n) is 4.40. The van der Waals surface area contributed by atoms with Gasteiger partial charge < -0.3 is 15.8 Å². The van der Waals surface area contributed by atoms with Gasteiger partial charge in [-0.2, -0.15) is 4.98 Å². The Labute approximate surface area is 121 Å². The van der Waals surface area contributed by atoms with E-state index in [-0.39, 0.29) is 11.5 Å². The van der Waals surface area contributed by atoms with E-state index in [1.54, 1.807) is 0 Å². The van der Waals surface area contributed by atoms with Crippen molar-refractivity contribution < 1.29 is 9.66 Å². The van der Waals surface area contributed by atoms with Gasteiger partial charge in [0.05, 0.1) is 12.0 Å². The molecule has 0 bridgehead atoms. The van der Waals surface area contributed by atoms with Gasteiger partial charge in [-0.15, -0.1) is 0 Å². The van der Waals surface area contributed by atoms with E-state index in [9.17, 15) is 10.1 Å². The Bertz CT molecular complexity index is 629. The number of anilines is 2. The molecule has 7 nitrogen and oxygen atoms in total. The minimum absolute atomic E-state index is 0.0758. The number of nitrogen functional groups attached to an aromatic ring is 1. The molecule has 0 aliphatic rings. The zero-order chi connectivity index (χ0) is 15.2. The highest BCUT2D eigenvalue weighted by Gasteiger charge is 2.15. The number of benzene rings is 1. The molecule has 2 aromatic rings. The molecule has 1 aromatic carbocycles. The Hall–Kier alpha value is -2.83. The summed E-state index contributed by atoms with van der Waals surface area (Å²) in [5.74, 6) is 0.533. The SMILES string of the molecule is COc1ccc([N+](=O)[O-])c(NCCc2ccc(N)cc2)n1. The van der Waals surface area contributed by atoms with E-state index >= 15 is 0 Å². The standard InChI is InChI=1S/C14H16N4O3/c1-21-13-7-6-12(18(19)20)14(17-13)16-9-8-10-2-4-11(15)5-3-10/h2-7H,8-9,15H2,1H3,(H,16,17). The van der Waals surface area contributed by atoms with Crippen molar-refractivity contribution in [2.45, 2.75) is 6.42 Å². The predicted octanol–water partition coefficient (Wildman–Crippen LogP) is 2.24. The third-order valence-electron chi connectivity index (χ3n) is 2.94. The van der Waals surface area contributed by atoms with Gasteiger partial charge in [-0.1, -0.05) is 12.1 Å². The molecule has 0 saturated carbocycles. The number of nitro groups is 1. The van der Waals surface area contributed by atoms with Crippen LogP contribution in [0.25, 0.3) is 0 Å². The fourth-order valence-electron chi connectivity index (χ4n) is 1.83. The van der Waals surface area contributed by atoms with Gasteiger partial charge in [0.1, 0.15) is 0 Å². The van der Waals surface area contributed by atoms with Gasteiger partial charge in [0, 0.05) is 24.4 Å². The molecule has 0 aliphatic carbocycles. The van der Waals surface area contributed by atoms with Crippen molar-refractivity contribution >= 4 is 17.2 Å². The van der Waals surface area contributed by atoms with Gasteiger partial charge in [-0.3, -0.25) is 10.1 Å². The van der Waals surface area contributed by atoms with Crippen molar-refractivity contribution in [2.24, 2.45) is 0 Å². The average molecular weight is 288 g/mol. The average Bonchev–Trinajstić information content (AvgIpc) is 2.49. The first-order chi connectivity index (χ1) is 10.1. The lowest BCUT2D eigenvalue weighted by atomic mass is 10.1. The molecule has 3 N–H and O–H groups in total. The Kier molecular flexibility index (Phi) is 4.55. The second kappa shape index (κ2) is 6.56. The highest BCUT2D eigenvalue weighted by atomic mass is 16.6. The molecule has 0 radical (unpaired) electrons. The molecule has 0 fully saturated rings. The van der Waals surface area contributed by atoms with Crippen LogP contribution in [0, 0.1) is 10.1 Å². The highest BCUT2D eigenvalue weighted by Crippen LogP contribution is 2.24. The normalized spacial score (nSPS) is 10.1. The number of ether oxygens (including phenoxy) is 1. The quantitative estimate of drug-likeness (QED) is 0.480. The molecule has 2 rings (SSSR count). The fraction of sp³-hybridized carbons (Fsp3) is 0.214. The van der Waals surface area contributed by atoms with Gasteiger partial charge in [-0.05, 0) is 24.1 Å². The fourth-order valence-corrected chi connectivity index (χ4v) is 1.83. The summed E-state index contributed by atoms with van der Waals surface area (Å²) >= 11 is 0. The van der Waals surface area contributed by atoms with E-state index in [1.807, 2.05) is 24.3 Å². The molecule has 110 valence electrons. The van der Waals surface area contributed by atoms with Crippen molar-refractivity contribution in [3.63, 3.8) is 0 Å².